The quantitative estimate of drug-likeness (QED) is 0.740. The number of urea groups is 1. The van der Waals surface area contributed by atoms with E-state index in [-0.39, 0.29) is 12.1 Å². The highest BCUT2D eigenvalue weighted by Crippen LogP contribution is 2.19. The van der Waals surface area contributed by atoms with Crippen molar-refractivity contribution in [2.45, 2.75) is 40.3 Å². The lowest BCUT2D eigenvalue weighted by molar-refractivity contribution is 0.248. The normalized spacial score (nSPS) is 12.0. The molecular weight excluding hydrogens is 328 g/mol. The molecule has 7 heteroatoms. The fourth-order valence-corrected chi connectivity index (χ4v) is 2.99. The number of benzene rings is 1. The van der Waals surface area contributed by atoms with Crippen LogP contribution in [0.15, 0.2) is 43.0 Å². The average molecular weight is 352 g/mol. The van der Waals surface area contributed by atoms with Crippen LogP contribution in [-0.4, -0.2) is 31.4 Å². The molecule has 0 aliphatic heterocycles. The Kier molecular flexibility index (Phi) is 5.06. The van der Waals surface area contributed by atoms with E-state index in [1.807, 2.05) is 56.7 Å². The predicted molar refractivity (Wildman–Crippen MR) is 102 cm³/mol. The highest BCUT2D eigenvalue weighted by Gasteiger charge is 2.13. The van der Waals surface area contributed by atoms with Crippen molar-refractivity contribution in [1.29, 1.82) is 0 Å². The van der Waals surface area contributed by atoms with Crippen LogP contribution in [0.4, 0.5) is 10.6 Å². The lowest BCUT2D eigenvalue weighted by Gasteiger charge is -2.16. The summed E-state index contributed by atoms with van der Waals surface area (Å²) in [4.78, 5) is 16.4. The van der Waals surface area contributed by atoms with Crippen LogP contribution in [-0.2, 0) is 6.54 Å². The van der Waals surface area contributed by atoms with Crippen molar-refractivity contribution >= 4 is 11.8 Å². The fraction of sp³-hybridized carbons (Fsp3) is 0.316. The second-order valence-corrected chi connectivity index (χ2v) is 6.69. The molecule has 0 saturated carbocycles. The summed E-state index contributed by atoms with van der Waals surface area (Å²) in [7, 11) is 0. The van der Waals surface area contributed by atoms with E-state index in [1.165, 1.54) is 0 Å². The van der Waals surface area contributed by atoms with Crippen LogP contribution >= 0.6 is 0 Å². The van der Waals surface area contributed by atoms with E-state index in [4.69, 9.17) is 0 Å². The van der Waals surface area contributed by atoms with Crippen LogP contribution in [0.25, 0.3) is 5.69 Å². The molecule has 0 aliphatic carbocycles. The van der Waals surface area contributed by atoms with Gasteiger partial charge < -0.3 is 9.88 Å². The largest absolute Gasteiger partial charge is 0.335 e. The summed E-state index contributed by atoms with van der Waals surface area (Å²) in [6.07, 6.45) is 5.32. The second kappa shape index (κ2) is 7.43. The van der Waals surface area contributed by atoms with Crippen LogP contribution in [0.2, 0.25) is 0 Å². The van der Waals surface area contributed by atoms with Gasteiger partial charge >= 0.3 is 6.03 Å². The molecule has 0 aliphatic rings. The molecule has 1 unspecified atom stereocenters. The van der Waals surface area contributed by atoms with Crippen molar-refractivity contribution in [1.82, 2.24) is 24.6 Å². The summed E-state index contributed by atoms with van der Waals surface area (Å²) in [5.41, 5.74) is 4.07. The number of nitrogens with one attached hydrogen (secondary N) is 2. The highest BCUT2D eigenvalue weighted by atomic mass is 16.2. The van der Waals surface area contributed by atoms with Gasteiger partial charge in [-0.15, -0.1) is 0 Å². The fourth-order valence-electron chi connectivity index (χ4n) is 2.99. The number of imidazole rings is 1. The van der Waals surface area contributed by atoms with Crippen molar-refractivity contribution in [2.24, 2.45) is 0 Å². The monoisotopic (exact) mass is 352 g/mol. The van der Waals surface area contributed by atoms with Gasteiger partial charge in [-0.3, -0.25) is 5.32 Å². The number of nitrogens with zero attached hydrogens (tertiary/aromatic N) is 4. The summed E-state index contributed by atoms with van der Waals surface area (Å²) >= 11 is 0. The van der Waals surface area contributed by atoms with Crippen molar-refractivity contribution < 1.29 is 4.79 Å². The number of carbonyl (C=O) groups excluding carboxylic acids is 1. The van der Waals surface area contributed by atoms with Gasteiger partial charge in [-0.1, -0.05) is 6.07 Å². The van der Waals surface area contributed by atoms with Crippen molar-refractivity contribution in [3.05, 3.63) is 59.8 Å². The summed E-state index contributed by atoms with van der Waals surface area (Å²) in [6, 6.07) is 7.76. The van der Waals surface area contributed by atoms with Gasteiger partial charge in [0.2, 0.25) is 0 Å². The first-order valence-electron chi connectivity index (χ1n) is 8.59. The number of rotatable bonds is 5. The van der Waals surface area contributed by atoms with Crippen molar-refractivity contribution in [2.75, 3.05) is 5.32 Å². The third-order valence-corrected chi connectivity index (χ3v) is 3.95. The molecule has 0 bridgehead atoms. The van der Waals surface area contributed by atoms with Gasteiger partial charge in [-0.05, 0) is 51.0 Å². The summed E-state index contributed by atoms with van der Waals surface area (Å²) in [5, 5.41) is 10.4. The Hall–Kier alpha value is -3.09. The Labute approximate surface area is 153 Å². The van der Waals surface area contributed by atoms with E-state index in [1.54, 1.807) is 17.2 Å². The van der Waals surface area contributed by atoms with Gasteiger partial charge in [-0.25, -0.2) is 14.5 Å². The maximum Gasteiger partial charge on any atom is 0.320 e. The molecule has 2 aromatic heterocycles. The lowest BCUT2D eigenvalue weighted by atomic mass is 10.1. The minimum Gasteiger partial charge on any atom is -0.335 e. The van der Waals surface area contributed by atoms with Crippen LogP contribution in [0.1, 0.15) is 23.7 Å². The SMILES string of the molecule is Cc1cc(C)cc(-n2nc(C)cc2NC(=O)NC(C)Cn2ccnc2)c1. The number of carbonyl (C=O) groups is 1. The molecule has 3 rings (SSSR count). The van der Waals surface area contributed by atoms with Crippen LogP contribution in [0.5, 0.6) is 0 Å². The first-order chi connectivity index (χ1) is 12.4. The molecule has 0 spiro atoms. The van der Waals surface area contributed by atoms with Gasteiger partial charge in [0, 0.05) is 31.0 Å². The molecule has 3 aromatic rings. The molecule has 0 fully saturated rings. The number of amides is 2. The maximum atomic E-state index is 12.4. The number of aromatic nitrogens is 4. The van der Waals surface area contributed by atoms with E-state index in [9.17, 15) is 4.79 Å². The molecule has 0 saturated heterocycles. The molecule has 1 aromatic carbocycles. The Morgan fingerprint density at radius 1 is 1.15 bits per heavy atom. The lowest BCUT2D eigenvalue weighted by Crippen LogP contribution is -2.38. The van der Waals surface area contributed by atoms with Crippen LogP contribution < -0.4 is 10.6 Å². The maximum absolute atomic E-state index is 12.4. The summed E-state index contributed by atoms with van der Waals surface area (Å²) in [6.45, 7) is 8.60. The molecule has 7 nitrogen and oxygen atoms in total. The zero-order valence-electron chi connectivity index (χ0n) is 15.5. The van der Waals surface area contributed by atoms with Gasteiger partial charge in [-0.2, -0.15) is 5.10 Å². The molecular formula is C19H24N6O. The molecule has 0 radical (unpaired) electrons. The summed E-state index contributed by atoms with van der Waals surface area (Å²) in [5.74, 6) is 0.639. The van der Waals surface area contributed by atoms with Gasteiger partial charge in [0.1, 0.15) is 5.82 Å². The van der Waals surface area contributed by atoms with Crippen molar-refractivity contribution in [3.63, 3.8) is 0 Å². The van der Waals surface area contributed by atoms with E-state index in [2.05, 4.69) is 26.8 Å². The Morgan fingerprint density at radius 2 is 1.88 bits per heavy atom. The van der Waals surface area contributed by atoms with Crippen molar-refractivity contribution in [3.8, 4) is 5.69 Å². The zero-order valence-corrected chi connectivity index (χ0v) is 15.5. The molecule has 2 heterocycles. The van der Waals surface area contributed by atoms with E-state index >= 15 is 0 Å². The number of hydrogen-bond donors (Lipinski definition) is 2. The van der Waals surface area contributed by atoms with Gasteiger partial charge in [0.05, 0.1) is 17.7 Å². The molecule has 2 amide bonds. The predicted octanol–water partition coefficient (Wildman–Crippen LogP) is 3.20. The smallest absolute Gasteiger partial charge is 0.320 e. The third kappa shape index (κ3) is 4.30. The Bertz CT molecular complexity index is 877. The topological polar surface area (TPSA) is 76.8 Å². The molecule has 2 N–H and O–H groups in total. The van der Waals surface area contributed by atoms with Gasteiger partial charge in [0.25, 0.3) is 0 Å². The highest BCUT2D eigenvalue weighted by molar-refractivity contribution is 5.88. The second-order valence-electron chi connectivity index (χ2n) is 6.69. The minimum atomic E-state index is -0.261. The molecule has 1 atom stereocenters. The van der Waals surface area contributed by atoms with Crippen LogP contribution in [0.3, 0.4) is 0 Å². The van der Waals surface area contributed by atoms with E-state index in [0.29, 0.717) is 12.4 Å². The Balaban J connectivity index is 1.72. The third-order valence-electron chi connectivity index (χ3n) is 3.95. The number of hydrogen-bond acceptors (Lipinski definition) is 3. The standard InChI is InChI=1S/C19H24N6O/c1-13-7-14(2)9-17(8-13)25-18(10-15(3)23-25)22-19(26)21-16(4)11-24-6-5-20-12-24/h5-10,12,16H,11H2,1-4H3,(H2,21,22,26). The van der Waals surface area contributed by atoms with E-state index in [0.717, 1.165) is 22.5 Å². The average Bonchev–Trinajstić information content (AvgIpc) is 3.15. The number of anilines is 1. The first kappa shape index (κ1) is 17.7. The summed E-state index contributed by atoms with van der Waals surface area (Å²) < 4.78 is 3.68. The van der Waals surface area contributed by atoms with E-state index < -0.39 is 0 Å². The molecule has 26 heavy (non-hydrogen) atoms. The minimum absolute atomic E-state index is 0.0390. The van der Waals surface area contributed by atoms with Crippen LogP contribution in [0, 0.1) is 20.8 Å². The first-order valence-corrected chi connectivity index (χ1v) is 8.59. The number of aryl methyl sites for hydroxylation is 3. The Morgan fingerprint density at radius 3 is 2.54 bits per heavy atom. The zero-order chi connectivity index (χ0) is 18.7. The molecule has 136 valence electrons. The van der Waals surface area contributed by atoms with Gasteiger partial charge in [0.15, 0.2) is 0 Å².